The summed E-state index contributed by atoms with van der Waals surface area (Å²) in [5, 5.41) is 9.47. The van der Waals surface area contributed by atoms with Crippen LogP contribution in [0.3, 0.4) is 0 Å². The van der Waals surface area contributed by atoms with E-state index in [4.69, 9.17) is 0 Å². The van der Waals surface area contributed by atoms with Crippen LogP contribution in [0.2, 0.25) is 0 Å². The van der Waals surface area contributed by atoms with Crippen molar-refractivity contribution in [2.75, 3.05) is 0 Å². The number of aliphatic carboxylic acids is 1. The topological polar surface area (TPSA) is 74.7 Å². The van der Waals surface area contributed by atoms with Crippen LogP contribution in [-0.4, -0.2) is 35.9 Å². The number of carboxylic acids is 1. The van der Waals surface area contributed by atoms with Crippen LogP contribution in [0, 0.1) is 18.7 Å². The number of benzene rings is 1. The molecule has 1 aromatic rings. The molecule has 3 atom stereocenters. The fourth-order valence-electron chi connectivity index (χ4n) is 4.07. The number of hydrogen-bond donors (Lipinski definition) is 1. The maximum absolute atomic E-state index is 14.1. The second-order valence-electron chi connectivity index (χ2n) is 6.88. The van der Waals surface area contributed by atoms with Crippen molar-refractivity contribution in [3.63, 3.8) is 0 Å². The summed E-state index contributed by atoms with van der Waals surface area (Å²) in [6.07, 6.45) is 3.81. The molecule has 5 nitrogen and oxygen atoms in total. The van der Waals surface area contributed by atoms with Gasteiger partial charge in [0.1, 0.15) is 11.9 Å². The summed E-state index contributed by atoms with van der Waals surface area (Å²) in [5.41, 5.74) is 0.801. The van der Waals surface area contributed by atoms with Gasteiger partial charge in [0.25, 0.3) is 0 Å². The Kier molecular flexibility index (Phi) is 4.66. The molecular formula is C17H22FNO4S. The van der Waals surface area contributed by atoms with Crippen molar-refractivity contribution < 1.29 is 22.7 Å². The van der Waals surface area contributed by atoms with Crippen molar-refractivity contribution in [2.24, 2.45) is 5.92 Å². The predicted molar refractivity (Wildman–Crippen MR) is 87.4 cm³/mol. The van der Waals surface area contributed by atoms with Gasteiger partial charge in [-0.05, 0) is 43.7 Å². The Labute approximate surface area is 141 Å². The standard InChI is InChI=1S/C17H22FNO4S/c1-11-6-7-13(14(18)8-11)10-24(22,23)19-15-5-3-2-4-12(15)9-16(19)17(20)21/h6-8,12,15-16H,2-5,9-10H2,1H3,(H,20,21). The van der Waals surface area contributed by atoms with Crippen molar-refractivity contribution in [1.29, 1.82) is 0 Å². The van der Waals surface area contributed by atoms with E-state index in [9.17, 15) is 22.7 Å². The number of carboxylic acid groups (broad SMARTS) is 1. The van der Waals surface area contributed by atoms with Gasteiger partial charge in [0.15, 0.2) is 0 Å². The number of rotatable bonds is 4. The van der Waals surface area contributed by atoms with Gasteiger partial charge in [-0.2, -0.15) is 4.31 Å². The quantitative estimate of drug-likeness (QED) is 0.901. The number of halogens is 1. The maximum atomic E-state index is 14.1. The van der Waals surface area contributed by atoms with E-state index in [-0.39, 0.29) is 17.5 Å². The van der Waals surface area contributed by atoms with Crippen LogP contribution in [-0.2, 0) is 20.6 Å². The van der Waals surface area contributed by atoms with Gasteiger partial charge in [-0.15, -0.1) is 0 Å². The lowest BCUT2D eigenvalue weighted by atomic mass is 9.85. The molecule has 0 radical (unpaired) electrons. The van der Waals surface area contributed by atoms with E-state index in [1.54, 1.807) is 13.0 Å². The summed E-state index contributed by atoms with van der Waals surface area (Å²) in [6.45, 7) is 1.73. The maximum Gasteiger partial charge on any atom is 0.322 e. The molecule has 132 valence electrons. The van der Waals surface area contributed by atoms with E-state index in [1.165, 1.54) is 16.4 Å². The monoisotopic (exact) mass is 355 g/mol. The molecule has 0 spiro atoms. The van der Waals surface area contributed by atoms with E-state index in [1.807, 2.05) is 0 Å². The molecule has 1 saturated heterocycles. The average molecular weight is 355 g/mol. The molecular weight excluding hydrogens is 333 g/mol. The highest BCUT2D eigenvalue weighted by Crippen LogP contribution is 2.42. The third kappa shape index (κ3) is 3.19. The normalized spacial score (nSPS) is 27.8. The first-order valence-electron chi connectivity index (χ1n) is 8.28. The third-order valence-corrected chi connectivity index (χ3v) is 7.03. The first-order valence-corrected chi connectivity index (χ1v) is 9.89. The fourth-order valence-corrected chi connectivity index (χ4v) is 6.10. The van der Waals surface area contributed by atoms with E-state index >= 15 is 0 Å². The molecule has 3 rings (SSSR count). The molecule has 1 heterocycles. The minimum absolute atomic E-state index is 0.0870. The lowest BCUT2D eigenvalue weighted by molar-refractivity contribution is -0.141. The van der Waals surface area contributed by atoms with E-state index < -0.39 is 33.6 Å². The van der Waals surface area contributed by atoms with Gasteiger partial charge in [-0.1, -0.05) is 25.0 Å². The molecule has 0 bridgehead atoms. The summed E-state index contributed by atoms with van der Waals surface area (Å²) in [6, 6.07) is 3.13. The third-order valence-electron chi connectivity index (χ3n) is 5.18. The Hall–Kier alpha value is -1.47. The predicted octanol–water partition coefficient (Wildman–Crippen LogP) is 2.68. The minimum atomic E-state index is -3.90. The molecule has 1 aromatic carbocycles. The summed E-state index contributed by atoms with van der Waals surface area (Å²) in [4.78, 5) is 11.6. The summed E-state index contributed by atoms with van der Waals surface area (Å²) in [5.74, 6) is -2.08. The second kappa shape index (κ2) is 6.44. The van der Waals surface area contributed by atoms with Gasteiger partial charge in [-0.3, -0.25) is 4.79 Å². The molecule has 1 aliphatic carbocycles. The van der Waals surface area contributed by atoms with Crippen molar-refractivity contribution in [3.05, 3.63) is 35.1 Å². The molecule has 2 aliphatic rings. The molecule has 3 unspecified atom stereocenters. The molecule has 1 N–H and O–H groups in total. The van der Waals surface area contributed by atoms with Crippen molar-refractivity contribution >= 4 is 16.0 Å². The first-order chi connectivity index (χ1) is 11.3. The Bertz CT molecular complexity index is 749. The Balaban J connectivity index is 1.92. The highest BCUT2D eigenvalue weighted by Gasteiger charge is 2.50. The minimum Gasteiger partial charge on any atom is -0.480 e. The van der Waals surface area contributed by atoms with E-state index in [0.717, 1.165) is 19.3 Å². The van der Waals surface area contributed by atoms with E-state index in [0.29, 0.717) is 18.4 Å². The number of hydrogen-bond acceptors (Lipinski definition) is 3. The van der Waals surface area contributed by atoms with Crippen LogP contribution in [0.15, 0.2) is 18.2 Å². The number of carbonyl (C=O) groups is 1. The Morgan fingerprint density at radius 3 is 2.71 bits per heavy atom. The molecule has 1 saturated carbocycles. The number of fused-ring (bicyclic) bond motifs is 1. The van der Waals surface area contributed by atoms with Crippen molar-refractivity contribution in [2.45, 2.75) is 56.9 Å². The summed E-state index contributed by atoms with van der Waals surface area (Å²) >= 11 is 0. The smallest absolute Gasteiger partial charge is 0.322 e. The van der Waals surface area contributed by atoms with Gasteiger partial charge in [0, 0.05) is 11.6 Å². The molecule has 0 amide bonds. The van der Waals surface area contributed by atoms with Crippen molar-refractivity contribution in [3.8, 4) is 0 Å². The van der Waals surface area contributed by atoms with Gasteiger partial charge in [0.05, 0.1) is 5.75 Å². The van der Waals surface area contributed by atoms with E-state index in [2.05, 4.69) is 0 Å². The lowest BCUT2D eigenvalue weighted by Crippen LogP contribution is -2.46. The summed E-state index contributed by atoms with van der Waals surface area (Å²) < 4.78 is 41.0. The molecule has 7 heteroatoms. The number of aryl methyl sites for hydroxylation is 1. The van der Waals surface area contributed by atoms with Crippen LogP contribution in [0.1, 0.15) is 43.2 Å². The van der Waals surface area contributed by atoms with Crippen LogP contribution in [0.5, 0.6) is 0 Å². The largest absolute Gasteiger partial charge is 0.480 e. The average Bonchev–Trinajstić information content (AvgIpc) is 2.90. The highest BCUT2D eigenvalue weighted by atomic mass is 32.2. The SMILES string of the molecule is Cc1ccc(CS(=O)(=O)N2C(C(=O)O)CC3CCCCC32)c(F)c1. The fraction of sp³-hybridized carbons (Fsp3) is 0.588. The van der Waals surface area contributed by atoms with Crippen LogP contribution < -0.4 is 0 Å². The molecule has 0 aromatic heterocycles. The Morgan fingerprint density at radius 1 is 1.33 bits per heavy atom. The molecule has 24 heavy (non-hydrogen) atoms. The van der Waals surface area contributed by atoms with Gasteiger partial charge in [-0.25, -0.2) is 12.8 Å². The first kappa shape index (κ1) is 17.4. The highest BCUT2D eigenvalue weighted by molar-refractivity contribution is 7.88. The summed E-state index contributed by atoms with van der Waals surface area (Å²) in [7, 11) is -3.90. The lowest BCUT2D eigenvalue weighted by Gasteiger charge is -2.32. The van der Waals surface area contributed by atoms with Gasteiger partial charge in [0.2, 0.25) is 10.0 Å². The van der Waals surface area contributed by atoms with Crippen LogP contribution >= 0.6 is 0 Å². The van der Waals surface area contributed by atoms with Crippen LogP contribution in [0.4, 0.5) is 4.39 Å². The molecule has 1 aliphatic heterocycles. The zero-order valence-corrected chi connectivity index (χ0v) is 14.4. The Morgan fingerprint density at radius 2 is 2.04 bits per heavy atom. The number of nitrogens with zero attached hydrogens (tertiary/aromatic N) is 1. The zero-order valence-electron chi connectivity index (χ0n) is 13.6. The van der Waals surface area contributed by atoms with Gasteiger partial charge >= 0.3 is 5.97 Å². The van der Waals surface area contributed by atoms with Crippen molar-refractivity contribution in [1.82, 2.24) is 4.31 Å². The zero-order chi connectivity index (χ0) is 17.5. The van der Waals surface area contributed by atoms with Crippen LogP contribution in [0.25, 0.3) is 0 Å². The molecule has 2 fully saturated rings. The second-order valence-corrected chi connectivity index (χ2v) is 8.76. The number of sulfonamides is 1. The van der Waals surface area contributed by atoms with Gasteiger partial charge < -0.3 is 5.11 Å².